The van der Waals surface area contributed by atoms with E-state index in [0.717, 1.165) is 43.9 Å². The second-order valence-corrected chi connectivity index (χ2v) is 5.43. The second kappa shape index (κ2) is 6.13. The largest absolute Gasteiger partial charge is 0.381 e. The molecule has 1 saturated heterocycles. The van der Waals surface area contributed by atoms with Gasteiger partial charge < -0.3 is 4.74 Å². The van der Waals surface area contributed by atoms with Gasteiger partial charge in [-0.2, -0.15) is 5.26 Å². The van der Waals surface area contributed by atoms with Gasteiger partial charge in [0.25, 0.3) is 0 Å². The smallest absolute Gasteiger partial charge is 0.0941 e. The second-order valence-electron chi connectivity index (χ2n) is 4.49. The average molecular weight is 250 g/mol. The summed E-state index contributed by atoms with van der Waals surface area (Å²) in [5.41, 5.74) is 1.21. The van der Waals surface area contributed by atoms with Crippen molar-refractivity contribution in [1.82, 2.24) is 4.98 Å². The van der Waals surface area contributed by atoms with Crippen LogP contribution in [0.2, 0.25) is 0 Å². The van der Waals surface area contributed by atoms with Gasteiger partial charge in [-0.05, 0) is 19.3 Å². The quantitative estimate of drug-likeness (QED) is 0.824. The Labute approximate surface area is 106 Å². The van der Waals surface area contributed by atoms with Gasteiger partial charge in [0, 0.05) is 30.9 Å². The van der Waals surface area contributed by atoms with E-state index in [2.05, 4.69) is 23.4 Å². The van der Waals surface area contributed by atoms with Crippen LogP contribution in [0, 0.1) is 17.2 Å². The maximum absolute atomic E-state index is 8.95. The van der Waals surface area contributed by atoms with E-state index < -0.39 is 0 Å². The predicted octanol–water partition coefficient (Wildman–Crippen LogP) is 3.13. The molecule has 0 amide bonds. The van der Waals surface area contributed by atoms with E-state index in [1.165, 1.54) is 5.69 Å². The molecular weight excluding hydrogens is 232 g/mol. The molecule has 0 bridgehead atoms. The van der Waals surface area contributed by atoms with Crippen LogP contribution >= 0.6 is 11.3 Å². The highest BCUT2D eigenvalue weighted by molar-refractivity contribution is 7.09. The zero-order valence-electron chi connectivity index (χ0n) is 10.2. The lowest BCUT2D eigenvalue weighted by Crippen LogP contribution is -2.14. The van der Waals surface area contributed by atoms with Crippen molar-refractivity contribution < 1.29 is 4.74 Å². The van der Waals surface area contributed by atoms with E-state index in [-0.39, 0.29) is 5.92 Å². The Morgan fingerprint density at radius 2 is 2.35 bits per heavy atom. The van der Waals surface area contributed by atoms with Crippen molar-refractivity contribution in [2.75, 3.05) is 13.2 Å². The Balaban J connectivity index is 1.97. The van der Waals surface area contributed by atoms with Crippen LogP contribution in [0.15, 0.2) is 5.38 Å². The molecule has 1 unspecified atom stereocenters. The SMILES string of the molecule is CCC(C#N)Cc1nc(C2CCOCC2)cs1. The first-order valence-electron chi connectivity index (χ1n) is 6.25. The molecule has 17 heavy (non-hydrogen) atoms. The average Bonchev–Trinajstić information content (AvgIpc) is 2.85. The highest BCUT2D eigenvalue weighted by Gasteiger charge is 2.19. The first-order valence-corrected chi connectivity index (χ1v) is 7.13. The predicted molar refractivity (Wildman–Crippen MR) is 68.0 cm³/mol. The molecule has 1 atom stereocenters. The fraction of sp³-hybridized carbons (Fsp3) is 0.692. The van der Waals surface area contributed by atoms with Crippen LogP contribution < -0.4 is 0 Å². The topological polar surface area (TPSA) is 45.9 Å². The molecule has 0 radical (unpaired) electrons. The first kappa shape index (κ1) is 12.5. The van der Waals surface area contributed by atoms with Crippen LogP contribution in [-0.2, 0) is 11.2 Å². The minimum atomic E-state index is 0.115. The number of ether oxygens (including phenoxy) is 1. The van der Waals surface area contributed by atoms with Crippen molar-refractivity contribution in [1.29, 1.82) is 5.26 Å². The molecule has 2 heterocycles. The van der Waals surface area contributed by atoms with Gasteiger partial charge in [0.2, 0.25) is 0 Å². The number of thiazole rings is 1. The van der Waals surface area contributed by atoms with E-state index in [0.29, 0.717) is 5.92 Å². The number of hydrogen-bond donors (Lipinski definition) is 0. The molecule has 2 rings (SSSR count). The molecule has 3 nitrogen and oxygen atoms in total. The zero-order valence-corrected chi connectivity index (χ0v) is 11.0. The van der Waals surface area contributed by atoms with Crippen molar-refractivity contribution in [3.05, 3.63) is 16.1 Å². The van der Waals surface area contributed by atoms with Crippen LogP contribution in [0.25, 0.3) is 0 Å². The van der Waals surface area contributed by atoms with Gasteiger partial charge in [-0.25, -0.2) is 4.98 Å². The monoisotopic (exact) mass is 250 g/mol. The third kappa shape index (κ3) is 3.27. The summed E-state index contributed by atoms with van der Waals surface area (Å²) < 4.78 is 5.36. The molecule has 0 aromatic carbocycles. The number of aromatic nitrogens is 1. The highest BCUT2D eigenvalue weighted by atomic mass is 32.1. The minimum Gasteiger partial charge on any atom is -0.381 e. The molecule has 0 saturated carbocycles. The summed E-state index contributed by atoms with van der Waals surface area (Å²) in [5.74, 6) is 0.680. The number of nitrogens with zero attached hydrogens (tertiary/aromatic N) is 2. The first-order chi connectivity index (χ1) is 8.33. The van der Waals surface area contributed by atoms with Crippen LogP contribution in [0.5, 0.6) is 0 Å². The summed E-state index contributed by atoms with van der Waals surface area (Å²) in [7, 11) is 0. The van der Waals surface area contributed by atoms with E-state index in [9.17, 15) is 0 Å². The lowest BCUT2D eigenvalue weighted by molar-refractivity contribution is 0.0846. The third-order valence-corrected chi connectivity index (χ3v) is 4.19. The van der Waals surface area contributed by atoms with Gasteiger partial charge in [-0.3, -0.25) is 0 Å². The van der Waals surface area contributed by atoms with Gasteiger partial charge in [0.05, 0.1) is 22.7 Å². The third-order valence-electron chi connectivity index (χ3n) is 3.31. The van der Waals surface area contributed by atoms with Gasteiger partial charge in [0.1, 0.15) is 0 Å². The summed E-state index contributed by atoms with van der Waals surface area (Å²) in [6.07, 6.45) is 3.88. The van der Waals surface area contributed by atoms with Crippen LogP contribution in [-0.4, -0.2) is 18.2 Å². The molecule has 1 aliphatic rings. The standard InChI is InChI=1S/C13H18N2OS/c1-2-10(8-14)7-13-15-12(9-17-13)11-3-5-16-6-4-11/h9-11H,2-7H2,1H3. The lowest BCUT2D eigenvalue weighted by atomic mass is 9.97. The molecule has 1 aliphatic heterocycles. The zero-order chi connectivity index (χ0) is 12.1. The molecule has 1 fully saturated rings. The van der Waals surface area contributed by atoms with Crippen molar-refractivity contribution in [2.45, 2.75) is 38.5 Å². The van der Waals surface area contributed by atoms with Gasteiger partial charge in [-0.1, -0.05) is 6.92 Å². The Morgan fingerprint density at radius 1 is 1.59 bits per heavy atom. The summed E-state index contributed by atoms with van der Waals surface area (Å²) in [6, 6.07) is 2.34. The maximum Gasteiger partial charge on any atom is 0.0941 e. The van der Waals surface area contributed by atoms with E-state index in [4.69, 9.17) is 10.00 Å². The van der Waals surface area contributed by atoms with Crippen LogP contribution in [0.4, 0.5) is 0 Å². The van der Waals surface area contributed by atoms with Crippen LogP contribution in [0.3, 0.4) is 0 Å². The summed E-state index contributed by atoms with van der Waals surface area (Å²) in [4.78, 5) is 4.68. The molecule has 0 spiro atoms. The Bertz CT molecular complexity index is 390. The van der Waals surface area contributed by atoms with E-state index in [1.54, 1.807) is 11.3 Å². The summed E-state index contributed by atoms with van der Waals surface area (Å²) in [6.45, 7) is 3.77. The Hall–Kier alpha value is -0.920. The number of rotatable bonds is 4. The minimum absolute atomic E-state index is 0.115. The summed E-state index contributed by atoms with van der Waals surface area (Å²) in [5, 5.41) is 12.2. The molecule has 0 N–H and O–H groups in total. The van der Waals surface area contributed by atoms with E-state index >= 15 is 0 Å². The molecule has 0 aliphatic carbocycles. The van der Waals surface area contributed by atoms with E-state index in [1.807, 2.05) is 0 Å². The molecule has 92 valence electrons. The molecule has 4 heteroatoms. The molecule has 1 aromatic heterocycles. The highest BCUT2D eigenvalue weighted by Crippen LogP contribution is 2.28. The fourth-order valence-corrected chi connectivity index (χ4v) is 3.05. The van der Waals surface area contributed by atoms with Gasteiger partial charge >= 0.3 is 0 Å². The van der Waals surface area contributed by atoms with Crippen molar-refractivity contribution in [3.8, 4) is 6.07 Å². The maximum atomic E-state index is 8.95. The van der Waals surface area contributed by atoms with Crippen molar-refractivity contribution in [3.63, 3.8) is 0 Å². The van der Waals surface area contributed by atoms with Gasteiger partial charge in [0.15, 0.2) is 0 Å². The van der Waals surface area contributed by atoms with Crippen molar-refractivity contribution in [2.24, 2.45) is 5.92 Å². The molecular formula is C13H18N2OS. The fourth-order valence-electron chi connectivity index (χ4n) is 2.09. The van der Waals surface area contributed by atoms with Crippen LogP contribution in [0.1, 0.15) is 42.8 Å². The van der Waals surface area contributed by atoms with Crippen molar-refractivity contribution >= 4 is 11.3 Å². The molecule has 1 aromatic rings. The van der Waals surface area contributed by atoms with Gasteiger partial charge in [-0.15, -0.1) is 11.3 Å². The lowest BCUT2D eigenvalue weighted by Gasteiger charge is -2.20. The summed E-state index contributed by atoms with van der Waals surface area (Å²) >= 11 is 1.70. The number of hydrogen-bond acceptors (Lipinski definition) is 4. The Morgan fingerprint density at radius 3 is 3.00 bits per heavy atom. The Kier molecular flexibility index (Phi) is 4.52. The normalized spacial score (nSPS) is 18.8. The number of nitriles is 1.